The molecule has 0 aliphatic heterocycles. The molecule has 0 saturated heterocycles. The molecule has 1 atom stereocenters. The Morgan fingerprint density at radius 2 is 2.06 bits per heavy atom. The molecule has 0 amide bonds. The molecule has 1 rings (SSSR count). The van der Waals surface area contributed by atoms with Gasteiger partial charge >= 0.3 is 0 Å². The highest BCUT2D eigenvalue weighted by molar-refractivity contribution is 5.30. The van der Waals surface area contributed by atoms with Crippen LogP contribution in [-0.4, -0.2) is 24.4 Å². The van der Waals surface area contributed by atoms with Crippen LogP contribution in [0.25, 0.3) is 0 Å². The van der Waals surface area contributed by atoms with Crippen LogP contribution < -0.4 is 4.74 Å². The molecule has 0 radical (unpaired) electrons. The zero-order valence-electron chi connectivity index (χ0n) is 10.4. The molecule has 90 valence electrons. The fourth-order valence-corrected chi connectivity index (χ4v) is 1.66. The van der Waals surface area contributed by atoms with Crippen molar-refractivity contribution in [2.75, 3.05) is 13.7 Å². The Bertz CT molecular complexity index is 334. The van der Waals surface area contributed by atoms with Gasteiger partial charge in [0.25, 0.3) is 0 Å². The fraction of sp³-hybridized carbons (Fsp3) is 0.538. The zero-order valence-corrected chi connectivity index (χ0v) is 10.4. The zero-order chi connectivity index (χ0) is 12.2. The van der Waals surface area contributed by atoms with E-state index >= 15 is 0 Å². The van der Waals surface area contributed by atoms with E-state index in [0.717, 1.165) is 11.3 Å². The van der Waals surface area contributed by atoms with Crippen molar-refractivity contribution in [3.05, 3.63) is 29.8 Å². The van der Waals surface area contributed by atoms with Crippen molar-refractivity contribution in [3.8, 4) is 5.75 Å². The number of benzene rings is 1. The maximum Gasteiger partial charge on any atom is 0.119 e. The van der Waals surface area contributed by atoms with Crippen molar-refractivity contribution >= 4 is 0 Å². The minimum atomic E-state index is -0.664. The van der Waals surface area contributed by atoms with Crippen LogP contribution in [0, 0.1) is 0 Å². The lowest BCUT2D eigenvalue weighted by atomic mass is 9.94. The summed E-state index contributed by atoms with van der Waals surface area (Å²) in [4.78, 5) is 0. The summed E-state index contributed by atoms with van der Waals surface area (Å²) in [5.41, 5.74) is 0.207. The molecular formula is C13H20O3. The molecule has 0 aliphatic carbocycles. The van der Waals surface area contributed by atoms with Crippen LogP contribution in [0.4, 0.5) is 0 Å². The second kappa shape index (κ2) is 5.32. The molecule has 16 heavy (non-hydrogen) atoms. The average molecular weight is 224 g/mol. The van der Waals surface area contributed by atoms with Gasteiger partial charge in [0.15, 0.2) is 0 Å². The van der Waals surface area contributed by atoms with Gasteiger partial charge in [-0.2, -0.15) is 0 Å². The molecule has 3 heteroatoms. The summed E-state index contributed by atoms with van der Waals surface area (Å²) in [6.45, 7) is 6.25. The van der Waals surface area contributed by atoms with Crippen LogP contribution in [0.2, 0.25) is 0 Å². The van der Waals surface area contributed by atoms with Gasteiger partial charge in [0, 0.05) is 6.61 Å². The van der Waals surface area contributed by atoms with Crippen molar-refractivity contribution in [1.29, 1.82) is 0 Å². The number of aliphatic hydroxyl groups excluding tert-OH is 1. The Kier molecular flexibility index (Phi) is 4.33. The summed E-state index contributed by atoms with van der Waals surface area (Å²) in [6.07, 6.45) is -0.664. The molecule has 0 saturated carbocycles. The fourth-order valence-electron chi connectivity index (χ4n) is 1.66. The minimum absolute atomic E-state index is 0.577. The van der Waals surface area contributed by atoms with Crippen molar-refractivity contribution in [2.24, 2.45) is 0 Å². The van der Waals surface area contributed by atoms with E-state index in [2.05, 4.69) is 0 Å². The molecule has 0 heterocycles. The molecule has 1 N–H and O–H groups in total. The van der Waals surface area contributed by atoms with E-state index in [1.807, 2.05) is 45.0 Å². The number of aliphatic hydroxyl groups is 1. The molecule has 0 spiro atoms. The maximum absolute atomic E-state index is 10.2. The Morgan fingerprint density at radius 3 is 2.62 bits per heavy atom. The topological polar surface area (TPSA) is 38.7 Å². The minimum Gasteiger partial charge on any atom is -0.497 e. The van der Waals surface area contributed by atoms with Gasteiger partial charge in [-0.1, -0.05) is 12.1 Å². The van der Waals surface area contributed by atoms with Crippen molar-refractivity contribution < 1.29 is 14.6 Å². The largest absolute Gasteiger partial charge is 0.497 e. The molecular weight excluding hydrogens is 204 g/mol. The Morgan fingerprint density at radius 1 is 1.38 bits per heavy atom. The number of hydrogen-bond acceptors (Lipinski definition) is 3. The van der Waals surface area contributed by atoms with Crippen LogP contribution in [0.15, 0.2) is 24.3 Å². The average Bonchev–Trinajstić information content (AvgIpc) is 2.28. The highest BCUT2D eigenvalue weighted by Gasteiger charge is 2.29. The standard InChI is InChI=1S/C13H20O3/c1-5-16-13(2,3)12(14)10-7-6-8-11(9-10)15-4/h6-9,12,14H,5H2,1-4H3. The van der Waals surface area contributed by atoms with Gasteiger partial charge in [0.05, 0.1) is 12.7 Å². The molecule has 0 fully saturated rings. The molecule has 0 aliphatic rings. The van der Waals surface area contributed by atoms with Crippen LogP contribution in [-0.2, 0) is 4.74 Å². The summed E-state index contributed by atoms with van der Waals surface area (Å²) in [5, 5.41) is 10.2. The quantitative estimate of drug-likeness (QED) is 0.835. The van der Waals surface area contributed by atoms with Crippen LogP contribution in [0.3, 0.4) is 0 Å². The van der Waals surface area contributed by atoms with E-state index in [-0.39, 0.29) is 0 Å². The third kappa shape index (κ3) is 2.97. The van der Waals surface area contributed by atoms with E-state index in [1.165, 1.54) is 0 Å². The predicted octanol–water partition coefficient (Wildman–Crippen LogP) is 2.54. The number of ether oxygens (including phenoxy) is 2. The molecule has 1 aromatic rings. The van der Waals surface area contributed by atoms with Crippen molar-refractivity contribution in [2.45, 2.75) is 32.5 Å². The summed E-state index contributed by atoms with van der Waals surface area (Å²) in [7, 11) is 1.61. The smallest absolute Gasteiger partial charge is 0.119 e. The van der Waals surface area contributed by atoms with Gasteiger partial charge in [0.2, 0.25) is 0 Å². The van der Waals surface area contributed by atoms with Gasteiger partial charge in [-0.05, 0) is 38.5 Å². The highest BCUT2D eigenvalue weighted by atomic mass is 16.5. The second-order valence-electron chi connectivity index (χ2n) is 4.22. The first-order valence-electron chi connectivity index (χ1n) is 5.47. The normalized spacial score (nSPS) is 13.6. The first-order valence-corrected chi connectivity index (χ1v) is 5.47. The number of hydrogen-bond donors (Lipinski definition) is 1. The Labute approximate surface area is 97.0 Å². The summed E-state index contributed by atoms with van der Waals surface area (Å²) >= 11 is 0. The van der Waals surface area contributed by atoms with E-state index < -0.39 is 11.7 Å². The van der Waals surface area contributed by atoms with Crippen LogP contribution in [0.1, 0.15) is 32.4 Å². The van der Waals surface area contributed by atoms with E-state index in [9.17, 15) is 5.11 Å². The van der Waals surface area contributed by atoms with E-state index in [4.69, 9.17) is 9.47 Å². The van der Waals surface area contributed by atoms with Gasteiger partial charge in [-0.3, -0.25) is 0 Å². The lowest BCUT2D eigenvalue weighted by Crippen LogP contribution is -2.32. The van der Waals surface area contributed by atoms with Crippen LogP contribution in [0.5, 0.6) is 5.75 Å². The van der Waals surface area contributed by atoms with Crippen molar-refractivity contribution in [3.63, 3.8) is 0 Å². The lowest BCUT2D eigenvalue weighted by molar-refractivity contribution is -0.0983. The molecule has 3 nitrogen and oxygen atoms in total. The predicted molar refractivity (Wildman–Crippen MR) is 63.7 cm³/mol. The van der Waals surface area contributed by atoms with E-state index in [1.54, 1.807) is 7.11 Å². The third-order valence-electron chi connectivity index (χ3n) is 2.58. The highest BCUT2D eigenvalue weighted by Crippen LogP contribution is 2.30. The van der Waals surface area contributed by atoms with Gasteiger partial charge in [0.1, 0.15) is 11.9 Å². The van der Waals surface area contributed by atoms with Gasteiger partial charge < -0.3 is 14.6 Å². The van der Waals surface area contributed by atoms with Crippen molar-refractivity contribution in [1.82, 2.24) is 0 Å². The number of rotatable bonds is 5. The first kappa shape index (κ1) is 13.0. The SMILES string of the molecule is CCOC(C)(C)C(O)c1cccc(OC)c1. The second-order valence-corrected chi connectivity index (χ2v) is 4.22. The third-order valence-corrected chi connectivity index (χ3v) is 2.58. The van der Waals surface area contributed by atoms with E-state index in [0.29, 0.717) is 6.61 Å². The monoisotopic (exact) mass is 224 g/mol. The Hall–Kier alpha value is -1.06. The molecule has 0 bridgehead atoms. The molecule has 1 aromatic carbocycles. The summed E-state index contributed by atoms with van der Waals surface area (Å²) < 4.78 is 10.7. The molecule has 0 aromatic heterocycles. The Balaban J connectivity index is 2.90. The van der Waals surface area contributed by atoms with Crippen LogP contribution >= 0.6 is 0 Å². The maximum atomic E-state index is 10.2. The summed E-state index contributed by atoms with van der Waals surface area (Å²) in [5.74, 6) is 0.740. The summed E-state index contributed by atoms with van der Waals surface area (Å²) in [6, 6.07) is 7.41. The van der Waals surface area contributed by atoms with Gasteiger partial charge in [-0.15, -0.1) is 0 Å². The molecule has 1 unspecified atom stereocenters. The van der Waals surface area contributed by atoms with Gasteiger partial charge in [-0.25, -0.2) is 0 Å². The lowest BCUT2D eigenvalue weighted by Gasteiger charge is -2.30. The number of methoxy groups -OCH3 is 1. The first-order chi connectivity index (χ1) is 7.51.